The van der Waals surface area contributed by atoms with Gasteiger partial charge >= 0.3 is 0 Å². The van der Waals surface area contributed by atoms with Crippen molar-refractivity contribution in [3.63, 3.8) is 0 Å². The predicted octanol–water partition coefficient (Wildman–Crippen LogP) is 0.411. The van der Waals surface area contributed by atoms with Crippen LogP contribution in [0.1, 0.15) is 6.23 Å². The quantitative estimate of drug-likeness (QED) is 0.377. The Morgan fingerprint density at radius 3 is 2.82 bits per heavy atom. The minimum atomic E-state index is -1.27. The van der Waals surface area contributed by atoms with Gasteiger partial charge in [-0.05, 0) is 24.4 Å². The van der Waals surface area contributed by atoms with E-state index < -0.39 is 31.1 Å². The van der Waals surface area contributed by atoms with Crippen molar-refractivity contribution in [2.75, 3.05) is 25.1 Å². The number of nitrogens with two attached hydrogens (primary N) is 1. The maximum Gasteiger partial charge on any atom is 0.203 e. The van der Waals surface area contributed by atoms with E-state index in [1.807, 2.05) is 0 Å². The normalized spacial score (nSPS) is 25.4. The molecule has 3 heterocycles. The average Bonchev–Trinajstić information content (AvgIpc) is 2.98. The van der Waals surface area contributed by atoms with Crippen molar-refractivity contribution in [2.24, 2.45) is 5.73 Å². The van der Waals surface area contributed by atoms with Gasteiger partial charge in [-0.3, -0.25) is 4.57 Å². The molecule has 6 N–H and O–H groups in total. The number of hydrogen-bond acceptors (Lipinski definition) is 10. The molecule has 28 heavy (non-hydrogen) atoms. The van der Waals surface area contributed by atoms with E-state index in [9.17, 15) is 15.3 Å². The van der Waals surface area contributed by atoms with Crippen molar-refractivity contribution in [1.29, 1.82) is 0 Å². The van der Waals surface area contributed by atoms with E-state index in [2.05, 4.69) is 10.3 Å². The third-order valence-electron chi connectivity index (χ3n) is 4.54. The lowest BCUT2D eigenvalue weighted by Gasteiger charge is -2.25. The average molecular weight is 408 g/mol. The Kier molecular flexibility index (Phi) is 5.19. The SMILES string of the molecule is NCCOc1cccc2c1Nc1nc(=S)n([C@@H]3O[C@H](CO)C(O)C3O)cc1O2. The number of aromatic nitrogens is 2. The number of aliphatic hydroxyl groups excluding tert-OH is 3. The Hall–Kier alpha value is -2.28. The molecule has 1 saturated heterocycles. The number of aliphatic hydroxyl groups is 3. The third-order valence-corrected chi connectivity index (χ3v) is 4.84. The van der Waals surface area contributed by atoms with Crippen molar-refractivity contribution in [3.05, 3.63) is 29.2 Å². The highest BCUT2D eigenvalue weighted by Gasteiger charge is 2.43. The largest absolute Gasteiger partial charge is 0.490 e. The summed E-state index contributed by atoms with van der Waals surface area (Å²) < 4.78 is 18.6. The maximum atomic E-state index is 10.3. The van der Waals surface area contributed by atoms with Gasteiger partial charge in [0.05, 0.1) is 12.8 Å². The molecule has 2 unspecified atom stereocenters. The lowest BCUT2D eigenvalue weighted by molar-refractivity contribution is -0.0542. The maximum absolute atomic E-state index is 10.3. The molecule has 0 spiro atoms. The van der Waals surface area contributed by atoms with E-state index in [0.717, 1.165) is 0 Å². The summed E-state index contributed by atoms with van der Waals surface area (Å²) in [5, 5.41) is 32.7. The van der Waals surface area contributed by atoms with E-state index in [1.54, 1.807) is 18.2 Å². The Bertz CT molecular complexity index is 938. The van der Waals surface area contributed by atoms with Gasteiger partial charge in [0, 0.05) is 6.54 Å². The third kappa shape index (κ3) is 3.21. The van der Waals surface area contributed by atoms with Crippen LogP contribution in [0.4, 0.5) is 11.5 Å². The highest BCUT2D eigenvalue weighted by Crippen LogP contribution is 2.46. The van der Waals surface area contributed by atoms with Crippen molar-refractivity contribution in [2.45, 2.75) is 24.5 Å². The molecule has 0 amide bonds. The summed E-state index contributed by atoms with van der Waals surface area (Å²) in [6.07, 6.45) is -2.89. The zero-order chi connectivity index (χ0) is 19.8. The summed E-state index contributed by atoms with van der Waals surface area (Å²) in [4.78, 5) is 4.32. The minimum Gasteiger partial charge on any atom is -0.490 e. The van der Waals surface area contributed by atoms with E-state index in [4.69, 9.17) is 32.2 Å². The van der Waals surface area contributed by atoms with Crippen LogP contribution in [0.5, 0.6) is 17.2 Å². The molecule has 0 aliphatic carbocycles. The number of ether oxygens (including phenoxy) is 3. The highest BCUT2D eigenvalue weighted by molar-refractivity contribution is 7.71. The Morgan fingerprint density at radius 2 is 2.11 bits per heavy atom. The first-order chi connectivity index (χ1) is 13.5. The topological polar surface area (TPSA) is 144 Å². The van der Waals surface area contributed by atoms with Crippen molar-refractivity contribution >= 4 is 23.7 Å². The van der Waals surface area contributed by atoms with Gasteiger partial charge in [0.25, 0.3) is 0 Å². The van der Waals surface area contributed by atoms with Crippen LogP contribution in [0.3, 0.4) is 0 Å². The molecule has 1 fully saturated rings. The number of nitrogens with zero attached hydrogens (tertiary/aromatic N) is 2. The molecular formula is C17H20N4O6S. The predicted molar refractivity (Wildman–Crippen MR) is 100 cm³/mol. The first-order valence-electron chi connectivity index (χ1n) is 8.70. The number of para-hydroxylation sites is 1. The van der Waals surface area contributed by atoms with Gasteiger partial charge in [-0.25, -0.2) is 0 Å². The number of hydrogen-bond donors (Lipinski definition) is 5. The fourth-order valence-corrected chi connectivity index (χ4v) is 3.40. The molecule has 0 saturated carbocycles. The molecule has 4 atom stereocenters. The zero-order valence-corrected chi connectivity index (χ0v) is 15.5. The molecule has 10 nitrogen and oxygen atoms in total. The fraction of sp³-hybridized carbons (Fsp3) is 0.412. The van der Waals surface area contributed by atoms with E-state index in [1.165, 1.54) is 10.8 Å². The number of fused-ring (bicyclic) bond motifs is 2. The fourth-order valence-electron chi connectivity index (χ4n) is 3.15. The number of nitrogens with one attached hydrogen (secondary N) is 1. The molecule has 11 heteroatoms. The Labute approximate surface area is 165 Å². The first-order valence-corrected chi connectivity index (χ1v) is 9.10. The molecule has 1 aromatic carbocycles. The summed E-state index contributed by atoms with van der Waals surface area (Å²) in [5.41, 5.74) is 6.10. The van der Waals surface area contributed by atoms with Gasteiger partial charge < -0.3 is 40.6 Å². The van der Waals surface area contributed by atoms with Crippen LogP contribution < -0.4 is 20.5 Å². The molecule has 150 valence electrons. The van der Waals surface area contributed by atoms with Gasteiger partial charge in [-0.1, -0.05) is 6.07 Å². The van der Waals surface area contributed by atoms with Gasteiger partial charge in [0.15, 0.2) is 23.5 Å². The molecule has 2 aromatic rings. The molecule has 2 aliphatic heterocycles. The smallest absolute Gasteiger partial charge is 0.203 e. The second-order valence-corrected chi connectivity index (χ2v) is 6.73. The molecule has 2 aliphatic rings. The lowest BCUT2D eigenvalue weighted by atomic mass is 10.1. The van der Waals surface area contributed by atoms with E-state index >= 15 is 0 Å². The number of rotatable bonds is 5. The summed E-state index contributed by atoms with van der Waals surface area (Å²) >= 11 is 5.32. The number of benzene rings is 1. The van der Waals surface area contributed by atoms with Crippen LogP contribution in [0.25, 0.3) is 0 Å². The van der Waals surface area contributed by atoms with Gasteiger partial charge in [0.1, 0.15) is 36.4 Å². The van der Waals surface area contributed by atoms with Gasteiger partial charge in [-0.15, -0.1) is 0 Å². The second-order valence-electron chi connectivity index (χ2n) is 6.37. The Balaban J connectivity index is 1.67. The van der Waals surface area contributed by atoms with Crippen LogP contribution in [0, 0.1) is 4.77 Å². The monoisotopic (exact) mass is 408 g/mol. The number of anilines is 2. The molecule has 0 radical (unpaired) electrons. The summed E-state index contributed by atoms with van der Waals surface area (Å²) in [6.45, 7) is 0.294. The second kappa shape index (κ2) is 7.62. The van der Waals surface area contributed by atoms with Crippen LogP contribution in [0.2, 0.25) is 0 Å². The summed E-state index contributed by atoms with van der Waals surface area (Å²) in [7, 11) is 0. The Morgan fingerprint density at radius 1 is 1.29 bits per heavy atom. The molecule has 4 rings (SSSR count). The molecule has 0 bridgehead atoms. The minimum absolute atomic E-state index is 0.105. The highest BCUT2D eigenvalue weighted by atomic mass is 32.1. The van der Waals surface area contributed by atoms with E-state index in [0.29, 0.717) is 41.9 Å². The summed E-state index contributed by atoms with van der Waals surface area (Å²) in [5.74, 6) is 1.83. The standard InChI is InChI=1S/C17H20N4O6S/c18-4-5-25-8-2-1-3-9-12(8)19-15-10(26-9)6-21(17(28)20-15)16-14(24)13(23)11(7-22)27-16/h1-3,6,11,13-14,16,22-24H,4-5,7,18H2,(H,19,20,28)/t11-,13?,14?,16-/m1/s1. The van der Waals surface area contributed by atoms with Crippen LogP contribution >= 0.6 is 12.2 Å². The van der Waals surface area contributed by atoms with Gasteiger partial charge in [-0.2, -0.15) is 4.98 Å². The van der Waals surface area contributed by atoms with Crippen LogP contribution in [0.15, 0.2) is 24.4 Å². The first kappa shape index (κ1) is 19.1. The van der Waals surface area contributed by atoms with Gasteiger partial charge in [0.2, 0.25) is 4.77 Å². The van der Waals surface area contributed by atoms with E-state index in [-0.39, 0.29) is 4.77 Å². The lowest BCUT2D eigenvalue weighted by Crippen LogP contribution is -2.33. The van der Waals surface area contributed by atoms with Crippen molar-refractivity contribution in [3.8, 4) is 17.2 Å². The van der Waals surface area contributed by atoms with Crippen molar-refractivity contribution in [1.82, 2.24) is 9.55 Å². The zero-order valence-electron chi connectivity index (χ0n) is 14.7. The molecule has 1 aromatic heterocycles. The van der Waals surface area contributed by atoms with Crippen LogP contribution in [-0.4, -0.2) is 62.9 Å². The van der Waals surface area contributed by atoms with Crippen LogP contribution in [-0.2, 0) is 4.74 Å². The molecular weight excluding hydrogens is 388 g/mol. The van der Waals surface area contributed by atoms with Crippen molar-refractivity contribution < 1.29 is 29.5 Å². The summed E-state index contributed by atoms with van der Waals surface area (Å²) in [6, 6.07) is 5.33.